The third kappa shape index (κ3) is 7.37. The maximum Gasteiger partial charge on any atom is 0.246 e. The quantitative estimate of drug-likeness (QED) is 0.329. The van der Waals surface area contributed by atoms with Crippen molar-refractivity contribution in [2.45, 2.75) is 82.0 Å². The van der Waals surface area contributed by atoms with Crippen molar-refractivity contribution in [2.75, 3.05) is 20.6 Å². The van der Waals surface area contributed by atoms with Gasteiger partial charge in [0.25, 0.3) is 0 Å². The van der Waals surface area contributed by atoms with Crippen LogP contribution >= 0.6 is 0 Å². The van der Waals surface area contributed by atoms with Crippen LogP contribution in [0.25, 0.3) is 0 Å². The van der Waals surface area contributed by atoms with Crippen LogP contribution in [0.3, 0.4) is 0 Å². The zero-order valence-electron chi connectivity index (χ0n) is 25.0. The van der Waals surface area contributed by atoms with Crippen molar-refractivity contribution in [3.05, 3.63) is 71.8 Å². The van der Waals surface area contributed by atoms with Gasteiger partial charge in [-0.25, -0.2) is 0 Å². The number of nitrogens with zero attached hydrogens (tertiary/aromatic N) is 1. The summed E-state index contributed by atoms with van der Waals surface area (Å²) in [4.78, 5) is 55.9. The number of nitrogens with one attached hydrogen (secondary N) is 4. The summed E-state index contributed by atoms with van der Waals surface area (Å²) >= 11 is 0. The molecule has 1 saturated carbocycles. The summed E-state index contributed by atoms with van der Waals surface area (Å²) in [6.45, 7) is 2.20. The van der Waals surface area contributed by atoms with E-state index in [1.54, 1.807) is 25.9 Å². The second kappa shape index (κ2) is 15.0. The first kappa shape index (κ1) is 31.2. The van der Waals surface area contributed by atoms with Crippen LogP contribution in [0.2, 0.25) is 0 Å². The van der Waals surface area contributed by atoms with Crippen LogP contribution < -0.4 is 21.3 Å². The molecule has 42 heavy (non-hydrogen) atoms. The molecule has 4 N–H and O–H groups in total. The molecule has 0 spiro atoms. The van der Waals surface area contributed by atoms with E-state index < -0.39 is 30.1 Å². The molecule has 226 valence electrons. The molecule has 1 heterocycles. The van der Waals surface area contributed by atoms with E-state index >= 15 is 0 Å². The van der Waals surface area contributed by atoms with Gasteiger partial charge >= 0.3 is 0 Å². The van der Waals surface area contributed by atoms with Crippen molar-refractivity contribution >= 4 is 23.6 Å². The van der Waals surface area contributed by atoms with Gasteiger partial charge in [-0.15, -0.1) is 0 Å². The molecule has 2 aliphatic rings. The third-order valence-corrected chi connectivity index (χ3v) is 8.83. The third-order valence-electron chi connectivity index (χ3n) is 8.83. The smallest absolute Gasteiger partial charge is 0.246 e. The summed E-state index contributed by atoms with van der Waals surface area (Å²) in [5, 5.41) is 11.7. The number of hydrogen-bond acceptors (Lipinski definition) is 5. The van der Waals surface area contributed by atoms with E-state index in [0.717, 1.165) is 43.2 Å². The lowest BCUT2D eigenvalue weighted by Gasteiger charge is -2.36. The van der Waals surface area contributed by atoms with Gasteiger partial charge in [-0.3, -0.25) is 19.2 Å². The number of likely N-dealkylation sites (tertiary alicyclic amines) is 1. The minimum Gasteiger partial charge on any atom is -0.357 e. The van der Waals surface area contributed by atoms with Crippen LogP contribution in [0.5, 0.6) is 0 Å². The van der Waals surface area contributed by atoms with Gasteiger partial charge < -0.3 is 26.2 Å². The Morgan fingerprint density at radius 3 is 1.90 bits per heavy atom. The lowest BCUT2D eigenvalue weighted by atomic mass is 9.83. The summed E-state index contributed by atoms with van der Waals surface area (Å²) in [5.41, 5.74) is 1.80. The number of rotatable bonds is 11. The number of carbonyl (C=O) groups excluding carboxylic acids is 4. The Balaban J connectivity index is 1.59. The van der Waals surface area contributed by atoms with Gasteiger partial charge in [-0.2, -0.15) is 0 Å². The summed E-state index contributed by atoms with van der Waals surface area (Å²) in [7, 11) is 3.27. The van der Waals surface area contributed by atoms with E-state index in [2.05, 4.69) is 21.3 Å². The Morgan fingerprint density at radius 1 is 0.762 bits per heavy atom. The molecule has 0 bridgehead atoms. The van der Waals surface area contributed by atoms with E-state index in [9.17, 15) is 19.2 Å². The van der Waals surface area contributed by atoms with Crippen molar-refractivity contribution in [2.24, 2.45) is 5.92 Å². The zero-order valence-corrected chi connectivity index (χ0v) is 25.0. The molecule has 2 fully saturated rings. The second-order valence-electron chi connectivity index (χ2n) is 11.5. The van der Waals surface area contributed by atoms with E-state index in [1.165, 1.54) is 0 Å². The van der Waals surface area contributed by atoms with Gasteiger partial charge in [0.2, 0.25) is 23.6 Å². The molecular weight excluding hydrogens is 530 g/mol. The van der Waals surface area contributed by atoms with Gasteiger partial charge in [0.05, 0.1) is 6.04 Å². The number of amides is 4. The molecule has 4 atom stereocenters. The van der Waals surface area contributed by atoms with Gasteiger partial charge in [0.1, 0.15) is 18.1 Å². The fraction of sp³-hybridized carbons (Fsp3) is 0.515. The van der Waals surface area contributed by atoms with Crippen LogP contribution in [-0.4, -0.2) is 73.3 Å². The van der Waals surface area contributed by atoms with Crippen LogP contribution in [0.15, 0.2) is 60.7 Å². The summed E-state index contributed by atoms with van der Waals surface area (Å²) < 4.78 is 0. The highest BCUT2D eigenvalue weighted by atomic mass is 16.2. The zero-order chi connectivity index (χ0) is 30.1. The number of carbonyl (C=O) groups is 4. The summed E-state index contributed by atoms with van der Waals surface area (Å²) in [5.74, 6) is -1.51. The van der Waals surface area contributed by atoms with E-state index in [4.69, 9.17) is 0 Å². The Hall–Kier alpha value is -3.72. The maximum atomic E-state index is 14.1. The Labute approximate surface area is 249 Å². The van der Waals surface area contributed by atoms with Crippen LogP contribution in [0, 0.1) is 5.92 Å². The SMILES string of the molecule is CNC(=O)C(NC(=O)[C@@H]1CCCN1C(=O)[C@@H](NC(=O)[C@H](C)NC)C1CCCCC1)C(c1ccccc1)c1ccccc1. The largest absolute Gasteiger partial charge is 0.357 e. The molecule has 1 aliphatic heterocycles. The average molecular weight is 576 g/mol. The summed E-state index contributed by atoms with van der Waals surface area (Å²) in [6, 6.07) is 16.6. The van der Waals surface area contributed by atoms with Crippen molar-refractivity contribution in [1.29, 1.82) is 0 Å². The molecular formula is C33H45N5O4. The first-order valence-electron chi connectivity index (χ1n) is 15.3. The Kier molecular flexibility index (Phi) is 11.1. The Morgan fingerprint density at radius 2 is 1.36 bits per heavy atom. The first-order valence-corrected chi connectivity index (χ1v) is 15.3. The van der Waals surface area contributed by atoms with Crippen molar-refractivity contribution in [1.82, 2.24) is 26.2 Å². The molecule has 1 unspecified atom stereocenters. The number of hydrogen-bond donors (Lipinski definition) is 4. The lowest BCUT2D eigenvalue weighted by Crippen LogP contribution is -2.59. The molecule has 2 aromatic carbocycles. The first-order chi connectivity index (χ1) is 20.3. The molecule has 0 radical (unpaired) electrons. The predicted molar refractivity (Wildman–Crippen MR) is 162 cm³/mol. The molecule has 1 aliphatic carbocycles. The second-order valence-corrected chi connectivity index (χ2v) is 11.5. The highest BCUT2D eigenvalue weighted by Gasteiger charge is 2.42. The normalized spacial score (nSPS) is 19.5. The molecule has 9 nitrogen and oxygen atoms in total. The molecule has 4 amide bonds. The highest BCUT2D eigenvalue weighted by Crippen LogP contribution is 2.31. The van der Waals surface area contributed by atoms with Crippen LogP contribution in [-0.2, 0) is 19.2 Å². The minimum absolute atomic E-state index is 0.0303. The fourth-order valence-electron chi connectivity index (χ4n) is 6.34. The minimum atomic E-state index is -0.893. The number of benzene rings is 2. The monoisotopic (exact) mass is 575 g/mol. The molecule has 2 aromatic rings. The van der Waals surface area contributed by atoms with Crippen molar-refractivity contribution in [3.8, 4) is 0 Å². The van der Waals surface area contributed by atoms with E-state index in [1.807, 2.05) is 60.7 Å². The number of likely N-dealkylation sites (N-methyl/N-ethyl adjacent to an activating group) is 2. The van der Waals surface area contributed by atoms with Crippen LogP contribution in [0.4, 0.5) is 0 Å². The van der Waals surface area contributed by atoms with E-state index in [-0.39, 0.29) is 29.5 Å². The fourth-order valence-corrected chi connectivity index (χ4v) is 6.34. The summed E-state index contributed by atoms with van der Waals surface area (Å²) in [6.07, 6.45) is 6.06. The van der Waals surface area contributed by atoms with Crippen molar-refractivity contribution in [3.63, 3.8) is 0 Å². The molecule has 0 aromatic heterocycles. The highest BCUT2D eigenvalue weighted by molar-refractivity contribution is 5.95. The van der Waals surface area contributed by atoms with Gasteiger partial charge in [-0.05, 0) is 56.7 Å². The standard InChI is InChI=1S/C33H45N5O4/c1-22(34-2)30(39)36-28(25-18-11-6-12-19-25)33(42)38-21-13-20-26(38)31(40)37-29(32(41)35-3)27(23-14-7-4-8-15-23)24-16-9-5-10-17-24/h4-5,7-10,14-17,22,25-29,34H,6,11-13,18-21H2,1-3H3,(H,35,41)(H,36,39)(H,37,40)/t22-,26-,28-,29?/m0/s1. The van der Waals surface area contributed by atoms with E-state index in [0.29, 0.717) is 19.4 Å². The average Bonchev–Trinajstić information content (AvgIpc) is 3.54. The molecule has 1 saturated heterocycles. The predicted octanol–water partition coefficient (Wildman–Crippen LogP) is 2.71. The maximum absolute atomic E-state index is 14.1. The molecule has 9 heteroatoms. The van der Waals surface area contributed by atoms with Gasteiger partial charge in [-0.1, -0.05) is 79.9 Å². The van der Waals surface area contributed by atoms with Gasteiger partial charge in [0.15, 0.2) is 0 Å². The topological polar surface area (TPSA) is 120 Å². The Bertz CT molecular complexity index is 1160. The van der Waals surface area contributed by atoms with Gasteiger partial charge in [0, 0.05) is 19.5 Å². The lowest BCUT2D eigenvalue weighted by molar-refractivity contribution is -0.143. The van der Waals surface area contributed by atoms with Crippen LogP contribution in [0.1, 0.15) is 68.9 Å². The van der Waals surface area contributed by atoms with Crippen molar-refractivity contribution < 1.29 is 19.2 Å². The molecule has 4 rings (SSSR count).